The van der Waals surface area contributed by atoms with E-state index in [1.165, 1.54) is 25.0 Å². The van der Waals surface area contributed by atoms with Crippen LogP contribution in [0.25, 0.3) is 0 Å². The Morgan fingerprint density at radius 3 is 2.64 bits per heavy atom. The minimum absolute atomic E-state index is 0.00857. The average Bonchev–Trinajstić information content (AvgIpc) is 3.01. The third-order valence-electron chi connectivity index (χ3n) is 5.68. The second kappa shape index (κ2) is 6.62. The van der Waals surface area contributed by atoms with Crippen LogP contribution >= 0.6 is 0 Å². The molecular weight excluding hydrogens is 317 g/mol. The van der Waals surface area contributed by atoms with Gasteiger partial charge in [-0.05, 0) is 54.4 Å². The third-order valence-corrected chi connectivity index (χ3v) is 5.68. The van der Waals surface area contributed by atoms with Crippen molar-refractivity contribution < 1.29 is 9.18 Å². The number of hydrogen-bond donors (Lipinski definition) is 1. The summed E-state index contributed by atoms with van der Waals surface area (Å²) in [5.41, 5.74) is 2.15. The second-order valence-electron chi connectivity index (χ2n) is 7.48. The smallest absolute Gasteiger partial charge is 0.224 e. The van der Waals surface area contributed by atoms with Gasteiger partial charge in [0, 0.05) is 19.2 Å². The van der Waals surface area contributed by atoms with Crippen molar-refractivity contribution in [1.82, 2.24) is 15.1 Å². The van der Waals surface area contributed by atoms with E-state index < -0.39 is 0 Å². The van der Waals surface area contributed by atoms with Gasteiger partial charge in [0.15, 0.2) is 0 Å². The minimum atomic E-state index is -0.237. The van der Waals surface area contributed by atoms with Crippen molar-refractivity contribution in [2.75, 3.05) is 0 Å². The van der Waals surface area contributed by atoms with Crippen molar-refractivity contribution in [2.24, 2.45) is 18.9 Å². The molecule has 2 aromatic rings. The van der Waals surface area contributed by atoms with Gasteiger partial charge in [0.05, 0.1) is 12.2 Å². The first-order valence-electron chi connectivity index (χ1n) is 9.16. The largest absolute Gasteiger partial charge is 0.349 e. The number of nitrogens with one attached hydrogen (secondary N) is 1. The van der Waals surface area contributed by atoms with Gasteiger partial charge in [0.1, 0.15) is 5.82 Å². The van der Waals surface area contributed by atoms with Gasteiger partial charge in [-0.25, -0.2) is 4.39 Å². The van der Waals surface area contributed by atoms with Crippen LogP contribution in [0.2, 0.25) is 0 Å². The van der Waals surface area contributed by atoms with Crippen molar-refractivity contribution in [1.29, 1.82) is 0 Å². The Kier molecular flexibility index (Phi) is 4.32. The van der Waals surface area contributed by atoms with Gasteiger partial charge in [-0.1, -0.05) is 25.0 Å². The molecule has 0 radical (unpaired) electrons. The number of aromatic nitrogens is 2. The summed E-state index contributed by atoms with van der Waals surface area (Å²) >= 11 is 0. The Bertz CT molecular complexity index is 749. The molecule has 0 spiro atoms. The van der Waals surface area contributed by atoms with Gasteiger partial charge >= 0.3 is 0 Å². The lowest BCUT2D eigenvalue weighted by Crippen LogP contribution is -2.34. The quantitative estimate of drug-likeness (QED) is 0.901. The molecule has 1 amide bonds. The predicted octanol–water partition coefficient (Wildman–Crippen LogP) is 3.71. The van der Waals surface area contributed by atoms with Crippen molar-refractivity contribution in [3.8, 4) is 0 Å². The summed E-state index contributed by atoms with van der Waals surface area (Å²) in [6.07, 6.45) is 9.40. The highest BCUT2D eigenvalue weighted by atomic mass is 19.1. The van der Waals surface area contributed by atoms with Gasteiger partial charge < -0.3 is 5.32 Å². The zero-order chi connectivity index (χ0) is 17.4. The van der Waals surface area contributed by atoms with E-state index in [4.69, 9.17) is 0 Å². The summed E-state index contributed by atoms with van der Waals surface area (Å²) < 4.78 is 15.1. The fraction of sp³-hybridized carbons (Fsp3) is 0.500. The molecule has 1 aromatic carbocycles. The molecule has 2 aliphatic rings. The number of halogens is 1. The number of aryl methyl sites for hydroxylation is 1. The summed E-state index contributed by atoms with van der Waals surface area (Å²) in [4.78, 5) is 12.8. The number of benzene rings is 1. The Morgan fingerprint density at radius 2 is 2.00 bits per heavy atom. The highest BCUT2D eigenvalue weighted by Gasteiger charge is 2.45. The van der Waals surface area contributed by atoms with Crippen LogP contribution in [-0.2, 0) is 11.8 Å². The standard InChI is InChI=1S/C20H24FN3O/c1-24-12-15(11-22-24)17-10-18(17)20(25)23-19(13-4-2-3-5-13)14-6-8-16(21)9-7-14/h6-9,11-13,17-19H,2-5,10H2,1H3,(H,23,25). The van der Waals surface area contributed by atoms with Crippen LogP contribution in [-0.4, -0.2) is 15.7 Å². The van der Waals surface area contributed by atoms with Crippen LogP contribution in [0.15, 0.2) is 36.7 Å². The average molecular weight is 341 g/mol. The zero-order valence-electron chi connectivity index (χ0n) is 14.5. The van der Waals surface area contributed by atoms with Crippen LogP contribution in [0.5, 0.6) is 0 Å². The van der Waals surface area contributed by atoms with Crippen molar-refractivity contribution >= 4 is 5.91 Å². The van der Waals surface area contributed by atoms with Crippen LogP contribution < -0.4 is 5.32 Å². The van der Waals surface area contributed by atoms with Gasteiger partial charge in [-0.15, -0.1) is 0 Å². The van der Waals surface area contributed by atoms with Gasteiger partial charge in [-0.3, -0.25) is 9.48 Å². The summed E-state index contributed by atoms with van der Waals surface area (Å²) in [5, 5.41) is 7.48. The molecule has 4 nitrogen and oxygen atoms in total. The molecule has 3 atom stereocenters. The molecule has 132 valence electrons. The molecule has 4 rings (SSSR count). The number of amides is 1. The highest BCUT2D eigenvalue weighted by Crippen LogP contribution is 2.48. The van der Waals surface area contributed by atoms with Crippen LogP contribution in [0.1, 0.15) is 55.2 Å². The molecular formula is C20H24FN3O. The molecule has 1 heterocycles. The van der Waals surface area contributed by atoms with E-state index in [9.17, 15) is 9.18 Å². The van der Waals surface area contributed by atoms with E-state index >= 15 is 0 Å². The topological polar surface area (TPSA) is 46.9 Å². The molecule has 0 saturated heterocycles. The molecule has 25 heavy (non-hydrogen) atoms. The SMILES string of the molecule is Cn1cc(C2CC2C(=O)NC(c2ccc(F)cc2)C2CCCC2)cn1. The molecule has 2 aliphatic carbocycles. The van der Waals surface area contributed by atoms with Crippen LogP contribution in [0, 0.1) is 17.7 Å². The monoisotopic (exact) mass is 341 g/mol. The van der Waals surface area contributed by atoms with Crippen LogP contribution in [0.3, 0.4) is 0 Å². The lowest BCUT2D eigenvalue weighted by atomic mass is 9.91. The molecule has 1 N–H and O–H groups in total. The summed E-state index contributed by atoms with van der Waals surface area (Å²) in [6, 6.07) is 6.58. The lowest BCUT2D eigenvalue weighted by Gasteiger charge is -2.25. The van der Waals surface area contributed by atoms with E-state index in [0.717, 1.165) is 30.4 Å². The van der Waals surface area contributed by atoms with Crippen molar-refractivity contribution in [2.45, 2.75) is 44.1 Å². The van der Waals surface area contributed by atoms with Gasteiger partial charge in [0.2, 0.25) is 5.91 Å². The first kappa shape index (κ1) is 16.3. The number of carbonyl (C=O) groups is 1. The molecule has 3 unspecified atom stereocenters. The third kappa shape index (κ3) is 3.46. The first-order valence-corrected chi connectivity index (χ1v) is 9.16. The lowest BCUT2D eigenvalue weighted by molar-refractivity contribution is -0.123. The fourth-order valence-corrected chi connectivity index (χ4v) is 4.18. The number of hydrogen-bond acceptors (Lipinski definition) is 2. The Morgan fingerprint density at radius 1 is 1.28 bits per heavy atom. The number of nitrogens with zero attached hydrogens (tertiary/aromatic N) is 2. The van der Waals surface area contributed by atoms with Crippen LogP contribution in [0.4, 0.5) is 4.39 Å². The predicted molar refractivity (Wildman–Crippen MR) is 93.3 cm³/mol. The maximum Gasteiger partial charge on any atom is 0.224 e. The molecule has 5 heteroatoms. The Balaban J connectivity index is 1.47. The summed E-state index contributed by atoms with van der Waals surface area (Å²) in [7, 11) is 1.89. The van der Waals surface area contributed by atoms with E-state index in [0.29, 0.717) is 5.92 Å². The van der Waals surface area contributed by atoms with E-state index in [2.05, 4.69) is 10.4 Å². The fourth-order valence-electron chi connectivity index (χ4n) is 4.18. The molecule has 2 saturated carbocycles. The first-order chi connectivity index (χ1) is 12.1. The molecule has 2 fully saturated rings. The maximum atomic E-state index is 13.3. The number of carbonyl (C=O) groups excluding carboxylic acids is 1. The molecule has 1 aromatic heterocycles. The van der Waals surface area contributed by atoms with Gasteiger partial charge in [-0.2, -0.15) is 5.10 Å². The molecule has 0 aliphatic heterocycles. The summed E-state index contributed by atoms with van der Waals surface area (Å²) in [6.45, 7) is 0. The van der Waals surface area contributed by atoms with E-state index in [1.807, 2.05) is 31.6 Å². The van der Waals surface area contributed by atoms with Gasteiger partial charge in [0.25, 0.3) is 0 Å². The summed E-state index contributed by atoms with van der Waals surface area (Å²) in [5.74, 6) is 0.652. The second-order valence-corrected chi connectivity index (χ2v) is 7.48. The van der Waals surface area contributed by atoms with E-state index in [-0.39, 0.29) is 29.6 Å². The minimum Gasteiger partial charge on any atom is -0.349 e. The Hall–Kier alpha value is -2.17. The number of rotatable bonds is 5. The zero-order valence-corrected chi connectivity index (χ0v) is 14.5. The highest BCUT2D eigenvalue weighted by molar-refractivity contribution is 5.83. The van der Waals surface area contributed by atoms with Crippen molar-refractivity contribution in [3.05, 3.63) is 53.6 Å². The molecule has 0 bridgehead atoms. The Labute approximate surface area is 147 Å². The van der Waals surface area contributed by atoms with E-state index in [1.54, 1.807) is 4.68 Å². The normalized spacial score (nSPS) is 24.2. The van der Waals surface area contributed by atoms with Crippen molar-refractivity contribution in [3.63, 3.8) is 0 Å². The maximum absolute atomic E-state index is 13.3.